The number of sulfonamides is 1. The van der Waals surface area contributed by atoms with Crippen LogP contribution < -0.4 is 4.90 Å². The van der Waals surface area contributed by atoms with Crippen LogP contribution in [0, 0.1) is 0 Å². The molecule has 0 saturated carbocycles. The van der Waals surface area contributed by atoms with Gasteiger partial charge in [0, 0.05) is 26.2 Å². The first kappa shape index (κ1) is 19.0. The molecule has 0 aromatic heterocycles. The number of aromatic carboxylic acids is 1. The van der Waals surface area contributed by atoms with Gasteiger partial charge in [-0.25, -0.2) is 13.2 Å². The number of para-hydroxylation sites is 1. The van der Waals surface area contributed by atoms with Crippen molar-refractivity contribution in [3.8, 4) is 0 Å². The van der Waals surface area contributed by atoms with Gasteiger partial charge in [0.05, 0.1) is 21.3 Å². The fourth-order valence-electron chi connectivity index (χ4n) is 2.96. The normalized spacial score (nSPS) is 15.8. The van der Waals surface area contributed by atoms with Gasteiger partial charge in [-0.1, -0.05) is 41.4 Å². The molecule has 26 heavy (non-hydrogen) atoms. The third-order valence-electron chi connectivity index (χ3n) is 4.23. The highest BCUT2D eigenvalue weighted by Gasteiger charge is 2.32. The van der Waals surface area contributed by atoms with E-state index in [-0.39, 0.29) is 33.6 Å². The molecular weight excluding hydrogens is 399 g/mol. The van der Waals surface area contributed by atoms with Crippen molar-refractivity contribution in [3.05, 3.63) is 58.1 Å². The molecule has 0 aliphatic carbocycles. The molecule has 1 fully saturated rings. The maximum atomic E-state index is 12.9. The molecule has 2 aromatic carbocycles. The van der Waals surface area contributed by atoms with E-state index < -0.39 is 16.0 Å². The first-order valence-electron chi connectivity index (χ1n) is 7.84. The first-order valence-corrected chi connectivity index (χ1v) is 10.0. The number of nitrogens with zero attached hydrogens (tertiary/aromatic N) is 2. The average molecular weight is 415 g/mol. The van der Waals surface area contributed by atoms with Crippen LogP contribution in [0.1, 0.15) is 10.4 Å². The molecule has 2 aromatic rings. The van der Waals surface area contributed by atoms with E-state index in [2.05, 4.69) is 0 Å². The lowest BCUT2D eigenvalue weighted by molar-refractivity contribution is 0.0697. The first-order chi connectivity index (χ1) is 12.3. The standard InChI is InChI=1S/C17H16Cl2N2O4S/c18-13-5-3-6-14(19)16(13)26(24,25)21-10-8-20(9-11-21)15-7-2-1-4-12(15)17(22)23/h1-7H,8-11H2,(H,22,23). The third kappa shape index (κ3) is 3.53. The molecule has 1 saturated heterocycles. The molecule has 1 N–H and O–H groups in total. The highest BCUT2D eigenvalue weighted by atomic mass is 35.5. The van der Waals surface area contributed by atoms with Gasteiger partial charge in [0.15, 0.2) is 0 Å². The number of benzene rings is 2. The summed E-state index contributed by atoms with van der Waals surface area (Å²) in [4.78, 5) is 13.2. The number of piperazine rings is 1. The van der Waals surface area contributed by atoms with Crippen LogP contribution in [-0.2, 0) is 10.0 Å². The quantitative estimate of drug-likeness (QED) is 0.830. The Bertz CT molecular complexity index is 921. The van der Waals surface area contributed by atoms with Crippen LogP contribution in [0.15, 0.2) is 47.4 Å². The number of anilines is 1. The molecule has 0 unspecified atom stereocenters. The van der Waals surface area contributed by atoms with Crippen molar-refractivity contribution in [1.29, 1.82) is 0 Å². The minimum atomic E-state index is -3.83. The monoisotopic (exact) mass is 414 g/mol. The van der Waals surface area contributed by atoms with Gasteiger partial charge < -0.3 is 10.0 Å². The zero-order valence-electron chi connectivity index (χ0n) is 13.6. The van der Waals surface area contributed by atoms with Crippen molar-refractivity contribution in [3.63, 3.8) is 0 Å². The Balaban J connectivity index is 1.82. The van der Waals surface area contributed by atoms with Crippen LogP contribution in [-0.4, -0.2) is 50.0 Å². The third-order valence-corrected chi connectivity index (χ3v) is 7.09. The summed E-state index contributed by atoms with van der Waals surface area (Å²) < 4.78 is 27.1. The summed E-state index contributed by atoms with van der Waals surface area (Å²) >= 11 is 12.1. The molecule has 1 heterocycles. The van der Waals surface area contributed by atoms with E-state index in [1.165, 1.54) is 22.5 Å². The zero-order valence-corrected chi connectivity index (χ0v) is 15.9. The van der Waals surface area contributed by atoms with E-state index in [0.29, 0.717) is 18.8 Å². The molecule has 0 amide bonds. The predicted octanol–water partition coefficient (Wildman–Crippen LogP) is 3.20. The highest BCUT2D eigenvalue weighted by Crippen LogP contribution is 2.32. The SMILES string of the molecule is O=C(O)c1ccccc1N1CCN(S(=O)(=O)c2c(Cl)cccc2Cl)CC1. The van der Waals surface area contributed by atoms with E-state index in [1.54, 1.807) is 24.3 Å². The van der Waals surface area contributed by atoms with E-state index in [4.69, 9.17) is 23.2 Å². The number of carbonyl (C=O) groups is 1. The van der Waals surface area contributed by atoms with E-state index in [1.807, 2.05) is 4.90 Å². The Morgan fingerprint density at radius 3 is 2.08 bits per heavy atom. The van der Waals surface area contributed by atoms with Gasteiger partial charge in [0.25, 0.3) is 0 Å². The van der Waals surface area contributed by atoms with Gasteiger partial charge in [-0.3, -0.25) is 0 Å². The summed E-state index contributed by atoms with van der Waals surface area (Å²) in [5, 5.41) is 9.48. The number of carboxylic acids is 1. The zero-order chi connectivity index (χ0) is 18.9. The number of halogens is 2. The fraction of sp³-hybridized carbons (Fsp3) is 0.235. The fourth-order valence-corrected chi connectivity index (χ4v) is 5.47. The Labute approximate surface area is 161 Å². The minimum Gasteiger partial charge on any atom is -0.478 e. The van der Waals surface area contributed by atoms with Crippen LogP contribution in [0.25, 0.3) is 0 Å². The van der Waals surface area contributed by atoms with Gasteiger partial charge in [-0.05, 0) is 24.3 Å². The minimum absolute atomic E-state index is 0.0798. The number of rotatable bonds is 4. The van der Waals surface area contributed by atoms with E-state index in [9.17, 15) is 18.3 Å². The predicted molar refractivity (Wildman–Crippen MR) is 101 cm³/mol. The van der Waals surface area contributed by atoms with Crippen LogP contribution in [0.2, 0.25) is 10.0 Å². The second-order valence-electron chi connectivity index (χ2n) is 5.76. The summed E-state index contributed by atoms with van der Waals surface area (Å²) in [6.45, 7) is 1.15. The van der Waals surface area contributed by atoms with Crippen LogP contribution in [0.4, 0.5) is 5.69 Å². The lowest BCUT2D eigenvalue weighted by atomic mass is 10.1. The maximum Gasteiger partial charge on any atom is 0.337 e. The van der Waals surface area contributed by atoms with Crippen molar-refractivity contribution in [1.82, 2.24) is 4.31 Å². The Morgan fingerprint density at radius 2 is 1.50 bits per heavy atom. The molecule has 0 radical (unpaired) electrons. The van der Waals surface area contributed by atoms with E-state index in [0.717, 1.165) is 0 Å². The van der Waals surface area contributed by atoms with Crippen molar-refractivity contribution in [2.24, 2.45) is 0 Å². The summed E-state index contributed by atoms with van der Waals surface area (Å²) in [7, 11) is -3.83. The van der Waals surface area contributed by atoms with Crippen LogP contribution in [0.5, 0.6) is 0 Å². The van der Waals surface area contributed by atoms with Gasteiger partial charge >= 0.3 is 5.97 Å². The molecule has 0 atom stereocenters. The topological polar surface area (TPSA) is 77.9 Å². The van der Waals surface area contributed by atoms with Crippen LogP contribution >= 0.6 is 23.2 Å². The van der Waals surface area contributed by atoms with Crippen LogP contribution in [0.3, 0.4) is 0 Å². The molecule has 0 spiro atoms. The number of hydrogen-bond donors (Lipinski definition) is 1. The molecule has 3 rings (SSSR count). The smallest absolute Gasteiger partial charge is 0.337 e. The number of carboxylic acid groups (broad SMARTS) is 1. The van der Waals surface area contributed by atoms with Crippen molar-refractivity contribution in [2.75, 3.05) is 31.1 Å². The lowest BCUT2D eigenvalue weighted by Gasteiger charge is -2.36. The summed E-state index contributed by atoms with van der Waals surface area (Å²) in [5.41, 5.74) is 0.769. The Morgan fingerprint density at radius 1 is 0.923 bits per heavy atom. The van der Waals surface area contributed by atoms with Gasteiger partial charge in [0.1, 0.15) is 4.90 Å². The molecule has 1 aliphatic heterocycles. The average Bonchev–Trinajstić information content (AvgIpc) is 2.61. The molecule has 9 heteroatoms. The molecule has 0 bridgehead atoms. The van der Waals surface area contributed by atoms with E-state index >= 15 is 0 Å². The molecule has 6 nitrogen and oxygen atoms in total. The summed E-state index contributed by atoms with van der Waals surface area (Å²) in [6.07, 6.45) is 0. The number of hydrogen-bond acceptors (Lipinski definition) is 4. The van der Waals surface area contributed by atoms with Crippen molar-refractivity contribution < 1.29 is 18.3 Å². The summed E-state index contributed by atoms with van der Waals surface area (Å²) in [6, 6.07) is 11.2. The summed E-state index contributed by atoms with van der Waals surface area (Å²) in [5.74, 6) is -1.02. The van der Waals surface area contributed by atoms with Crippen molar-refractivity contribution in [2.45, 2.75) is 4.90 Å². The Kier molecular flexibility index (Phi) is 5.43. The van der Waals surface area contributed by atoms with Gasteiger partial charge in [-0.15, -0.1) is 0 Å². The molecule has 138 valence electrons. The second kappa shape index (κ2) is 7.44. The van der Waals surface area contributed by atoms with Gasteiger partial charge in [-0.2, -0.15) is 4.31 Å². The highest BCUT2D eigenvalue weighted by molar-refractivity contribution is 7.89. The largest absolute Gasteiger partial charge is 0.478 e. The lowest BCUT2D eigenvalue weighted by Crippen LogP contribution is -2.49. The van der Waals surface area contributed by atoms with Crippen molar-refractivity contribution >= 4 is 44.9 Å². The second-order valence-corrected chi connectivity index (χ2v) is 8.45. The molecular formula is C17H16Cl2N2O4S. The molecule has 1 aliphatic rings. The van der Waals surface area contributed by atoms with Gasteiger partial charge in [0.2, 0.25) is 10.0 Å². The maximum absolute atomic E-state index is 12.9. The Hall–Kier alpha value is -1.80.